The monoisotopic (exact) mass is 340 g/mol. The molecule has 0 spiro atoms. The Bertz CT molecular complexity index is 878. The quantitative estimate of drug-likeness (QED) is 0.719. The molecule has 4 nitrogen and oxygen atoms in total. The van der Waals surface area contributed by atoms with Crippen molar-refractivity contribution in [2.45, 2.75) is 26.3 Å². The van der Waals surface area contributed by atoms with Crippen LogP contribution in [-0.4, -0.2) is 16.5 Å². The smallest absolute Gasteiger partial charge is 0.0891 e. The molecule has 4 rings (SSSR count). The summed E-state index contributed by atoms with van der Waals surface area (Å²) in [5.74, 6) is 0. The first-order valence-corrected chi connectivity index (χ1v) is 8.07. The van der Waals surface area contributed by atoms with Gasteiger partial charge in [0.05, 0.1) is 29.0 Å². The molecule has 0 atom stereocenters. The lowest BCUT2D eigenvalue weighted by molar-refractivity contribution is 0.682. The fourth-order valence-corrected chi connectivity index (χ4v) is 3.35. The number of aromatic nitrogens is 2. The van der Waals surface area contributed by atoms with Crippen LogP contribution in [0.15, 0.2) is 42.5 Å². The molecule has 0 radical (unpaired) electrons. The van der Waals surface area contributed by atoms with Crippen molar-refractivity contribution < 1.29 is 0 Å². The Balaban J connectivity index is 0.00000169. The third-order valence-electron chi connectivity index (χ3n) is 4.57. The van der Waals surface area contributed by atoms with E-state index in [9.17, 15) is 0 Å². The van der Waals surface area contributed by atoms with Crippen molar-refractivity contribution in [1.29, 1.82) is 0 Å². The number of nitrogen functional groups attached to an aromatic ring is 1. The molecule has 0 aliphatic carbocycles. The molecular weight excluding hydrogens is 320 g/mol. The molecule has 0 saturated carbocycles. The first-order chi connectivity index (χ1) is 11.2. The summed E-state index contributed by atoms with van der Waals surface area (Å²) in [6, 6.07) is 14.2. The third-order valence-corrected chi connectivity index (χ3v) is 4.57. The summed E-state index contributed by atoms with van der Waals surface area (Å²) in [6.07, 6.45) is 2.18. The molecule has 2 aromatic carbocycles. The molecule has 1 aliphatic heterocycles. The van der Waals surface area contributed by atoms with Crippen LogP contribution in [0.3, 0.4) is 0 Å². The number of nitrogens with zero attached hydrogens (tertiary/aromatic N) is 3. The Morgan fingerprint density at radius 3 is 2.58 bits per heavy atom. The second kappa shape index (κ2) is 6.65. The highest BCUT2D eigenvalue weighted by molar-refractivity contribution is 5.85. The molecule has 0 saturated heterocycles. The van der Waals surface area contributed by atoms with Crippen molar-refractivity contribution in [3.63, 3.8) is 0 Å². The zero-order valence-electron chi connectivity index (χ0n) is 13.7. The average molecular weight is 341 g/mol. The van der Waals surface area contributed by atoms with Crippen molar-refractivity contribution in [2.24, 2.45) is 0 Å². The maximum atomic E-state index is 6.15. The third kappa shape index (κ3) is 2.89. The van der Waals surface area contributed by atoms with E-state index in [1.54, 1.807) is 0 Å². The van der Waals surface area contributed by atoms with Gasteiger partial charge >= 0.3 is 0 Å². The summed E-state index contributed by atoms with van der Waals surface area (Å²) < 4.78 is 0. The first kappa shape index (κ1) is 16.5. The molecular formula is C19H21ClN4. The zero-order chi connectivity index (χ0) is 15.8. The average Bonchev–Trinajstić information content (AvgIpc) is 2.56. The fraction of sp³-hybridized carbons (Fsp3) is 0.263. The second-order valence-electron chi connectivity index (χ2n) is 6.11. The summed E-state index contributed by atoms with van der Waals surface area (Å²) in [5.41, 5.74) is 13.5. The number of para-hydroxylation sites is 2. The van der Waals surface area contributed by atoms with E-state index < -0.39 is 0 Å². The highest BCUT2D eigenvalue weighted by Crippen LogP contribution is 2.32. The van der Waals surface area contributed by atoms with Crippen molar-refractivity contribution >= 4 is 34.8 Å². The molecule has 2 heterocycles. The van der Waals surface area contributed by atoms with Gasteiger partial charge in [-0.1, -0.05) is 18.2 Å². The van der Waals surface area contributed by atoms with Crippen LogP contribution in [0.5, 0.6) is 0 Å². The van der Waals surface area contributed by atoms with Gasteiger partial charge in [0, 0.05) is 17.9 Å². The van der Waals surface area contributed by atoms with E-state index in [0.29, 0.717) is 0 Å². The van der Waals surface area contributed by atoms with Crippen LogP contribution in [0.1, 0.15) is 23.4 Å². The van der Waals surface area contributed by atoms with Gasteiger partial charge in [0.2, 0.25) is 0 Å². The molecule has 124 valence electrons. The maximum Gasteiger partial charge on any atom is 0.0891 e. The molecule has 0 amide bonds. The van der Waals surface area contributed by atoms with Gasteiger partial charge in [-0.25, -0.2) is 9.97 Å². The molecule has 1 aromatic heterocycles. The highest BCUT2D eigenvalue weighted by atomic mass is 35.5. The number of benzene rings is 2. The number of hydrogen-bond donors (Lipinski definition) is 1. The SMILES string of the molecule is Cc1nc2ccccc2nc1CN1CCCc2c(N)cccc21.Cl. The van der Waals surface area contributed by atoms with Crippen molar-refractivity contribution in [3.05, 3.63) is 59.4 Å². The number of anilines is 2. The van der Waals surface area contributed by atoms with Gasteiger partial charge in [0.15, 0.2) is 0 Å². The molecule has 1 aliphatic rings. The van der Waals surface area contributed by atoms with E-state index in [4.69, 9.17) is 15.7 Å². The van der Waals surface area contributed by atoms with Crippen LogP contribution < -0.4 is 10.6 Å². The Labute approximate surface area is 148 Å². The number of rotatable bonds is 2. The number of halogens is 1. The first-order valence-electron chi connectivity index (χ1n) is 8.07. The Morgan fingerprint density at radius 1 is 1.04 bits per heavy atom. The van der Waals surface area contributed by atoms with Gasteiger partial charge < -0.3 is 10.6 Å². The largest absolute Gasteiger partial charge is 0.398 e. The maximum absolute atomic E-state index is 6.15. The summed E-state index contributed by atoms with van der Waals surface area (Å²) in [4.78, 5) is 11.9. The van der Waals surface area contributed by atoms with Crippen LogP contribution in [0.2, 0.25) is 0 Å². The number of hydrogen-bond acceptors (Lipinski definition) is 4. The molecule has 24 heavy (non-hydrogen) atoms. The van der Waals surface area contributed by atoms with Crippen LogP contribution in [0.25, 0.3) is 11.0 Å². The number of aryl methyl sites for hydroxylation is 1. The van der Waals surface area contributed by atoms with E-state index in [1.807, 2.05) is 43.3 Å². The minimum Gasteiger partial charge on any atom is -0.398 e. The fourth-order valence-electron chi connectivity index (χ4n) is 3.35. The zero-order valence-corrected chi connectivity index (χ0v) is 14.5. The number of nitrogens with two attached hydrogens (primary N) is 1. The van der Waals surface area contributed by atoms with Crippen LogP contribution in [0, 0.1) is 6.92 Å². The Kier molecular flexibility index (Phi) is 4.58. The minimum absolute atomic E-state index is 0. The lowest BCUT2D eigenvalue weighted by Gasteiger charge is -2.32. The predicted octanol–water partition coefficient (Wildman–Crippen LogP) is 3.90. The molecule has 5 heteroatoms. The van der Waals surface area contributed by atoms with E-state index in [1.165, 1.54) is 11.3 Å². The standard InChI is InChI=1S/C19H20N4.ClH/c1-13-18(22-17-9-3-2-8-16(17)21-13)12-23-11-5-6-14-15(20)7-4-10-19(14)23;/h2-4,7-10H,5-6,11-12,20H2,1H3;1H. The summed E-state index contributed by atoms with van der Waals surface area (Å²) >= 11 is 0. The number of fused-ring (bicyclic) bond motifs is 2. The van der Waals surface area contributed by atoms with Gasteiger partial charge in [-0.05, 0) is 49.6 Å². The van der Waals surface area contributed by atoms with Crippen molar-refractivity contribution in [3.8, 4) is 0 Å². The van der Waals surface area contributed by atoms with E-state index in [0.717, 1.165) is 54.0 Å². The predicted molar refractivity (Wildman–Crippen MR) is 102 cm³/mol. The van der Waals surface area contributed by atoms with Gasteiger partial charge in [0.1, 0.15) is 0 Å². The van der Waals surface area contributed by atoms with E-state index in [-0.39, 0.29) is 12.4 Å². The Hall–Kier alpha value is -2.33. The Morgan fingerprint density at radius 2 is 1.79 bits per heavy atom. The topological polar surface area (TPSA) is 55.0 Å². The van der Waals surface area contributed by atoms with Gasteiger partial charge in [-0.3, -0.25) is 0 Å². The normalized spacial score (nSPS) is 13.5. The van der Waals surface area contributed by atoms with Gasteiger partial charge in [-0.15, -0.1) is 12.4 Å². The summed E-state index contributed by atoms with van der Waals surface area (Å²) in [6.45, 7) is 3.85. The van der Waals surface area contributed by atoms with Crippen LogP contribution in [0.4, 0.5) is 11.4 Å². The molecule has 0 bridgehead atoms. The summed E-state index contributed by atoms with van der Waals surface area (Å²) in [5, 5.41) is 0. The van der Waals surface area contributed by atoms with Crippen molar-refractivity contribution in [1.82, 2.24) is 9.97 Å². The molecule has 0 unspecified atom stereocenters. The van der Waals surface area contributed by atoms with Crippen molar-refractivity contribution in [2.75, 3.05) is 17.2 Å². The molecule has 0 fully saturated rings. The minimum atomic E-state index is 0. The molecule has 3 aromatic rings. The lowest BCUT2D eigenvalue weighted by Crippen LogP contribution is -2.30. The van der Waals surface area contributed by atoms with Gasteiger partial charge in [0.25, 0.3) is 0 Å². The van der Waals surface area contributed by atoms with E-state index in [2.05, 4.69) is 11.0 Å². The van der Waals surface area contributed by atoms with E-state index >= 15 is 0 Å². The second-order valence-corrected chi connectivity index (χ2v) is 6.11. The highest BCUT2D eigenvalue weighted by Gasteiger charge is 2.20. The van der Waals surface area contributed by atoms with Crippen LogP contribution >= 0.6 is 12.4 Å². The lowest BCUT2D eigenvalue weighted by atomic mass is 9.99. The molecule has 2 N–H and O–H groups in total. The van der Waals surface area contributed by atoms with Gasteiger partial charge in [-0.2, -0.15) is 0 Å². The summed E-state index contributed by atoms with van der Waals surface area (Å²) in [7, 11) is 0. The van der Waals surface area contributed by atoms with Crippen LogP contribution in [-0.2, 0) is 13.0 Å².